The highest BCUT2D eigenvalue weighted by molar-refractivity contribution is 14.1. The van der Waals surface area contributed by atoms with E-state index in [9.17, 15) is 18.7 Å². The van der Waals surface area contributed by atoms with Gasteiger partial charge in [0.15, 0.2) is 6.10 Å². The average Bonchev–Trinajstić information content (AvgIpc) is 2.47. The fourth-order valence-electron chi connectivity index (χ4n) is 1.76. The molecule has 0 radical (unpaired) electrons. The molecule has 104 valence electrons. The highest BCUT2D eigenvalue weighted by Gasteiger charge is 2.47. The largest absolute Gasteiger partial charge is 0.382 e. The molecule has 0 saturated heterocycles. The average molecular weight is 388 g/mol. The summed E-state index contributed by atoms with van der Waals surface area (Å²) >= 11 is 2.03. The summed E-state index contributed by atoms with van der Waals surface area (Å²) in [6.45, 7) is 0. The van der Waals surface area contributed by atoms with E-state index in [1.165, 1.54) is 36.4 Å². The molecule has 0 saturated carbocycles. The maximum absolute atomic E-state index is 14.1. The van der Waals surface area contributed by atoms with E-state index in [0.29, 0.717) is 0 Å². The zero-order valence-corrected chi connectivity index (χ0v) is 12.4. The van der Waals surface area contributed by atoms with Gasteiger partial charge in [0.1, 0.15) is 0 Å². The number of halogens is 3. The standard InChI is InChI=1S/C15H11F2IO2/c16-15(17,13(19)10-4-2-1-3-5-10)14(20)11-6-8-12(18)9-7-11/h1-9,14,20H. The molecule has 0 spiro atoms. The molecule has 0 amide bonds. The number of aliphatic hydroxyl groups excluding tert-OH is 1. The normalized spacial score (nSPS) is 13.0. The maximum atomic E-state index is 14.1. The SMILES string of the molecule is O=C(c1ccccc1)C(F)(F)C(O)c1ccc(I)cc1. The Morgan fingerprint density at radius 1 is 1.05 bits per heavy atom. The monoisotopic (exact) mass is 388 g/mol. The smallest absolute Gasteiger partial charge is 0.339 e. The van der Waals surface area contributed by atoms with Crippen LogP contribution in [0.5, 0.6) is 0 Å². The molecule has 1 N–H and O–H groups in total. The first kappa shape index (κ1) is 15.1. The third-order valence-electron chi connectivity index (χ3n) is 2.87. The molecule has 0 aromatic heterocycles. The first-order valence-electron chi connectivity index (χ1n) is 5.84. The molecule has 2 nitrogen and oxygen atoms in total. The van der Waals surface area contributed by atoms with E-state index in [-0.39, 0.29) is 11.1 Å². The minimum atomic E-state index is -3.87. The van der Waals surface area contributed by atoms with Gasteiger partial charge in [-0.3, -0.25) is 4.79 Å². The zero-order valence-electron chi connectivity index (χ0n) is 10.3. The minimum Gasteiger partial charge on any atom is -0.382 e. The highest BCUT2D eigenvalue weighted by Crippen LogP contribution is 2.34. The highest BCUT2D eigenvalue weighted by atomic mass is 127. The van der Waals surface area contributed by atoms with E-state index in [1.54, 1.807) is 18.2 Å². The first-order chi connectivity index (χ1) is 9.43. The van der Waals surface area contributed by atoms with Crippen LogP contribution < -0.4 is 0 Å². The third kappa shape index (κ3) is 3.04. The molecule has 2 aromatic rings. The van der Waals surface area contributed by atoms with Crippen LogP contribution in [0.2, 0.25) is 0 Å². The summed E-state index contributed by atoms with van der Waals surface area (Å²) in [4.78, 5) is 11.8. The Bertz CT molecular complexity index is 597. The molecular weight excluding hydrogens is 377 g/mol. The molecule has 1 unspecified atom stereocenters. The van der Waals surface area contributed by atoms with Crippen LogP contribution in [-0.4, -0.2) is 16.8 Å². The van der Waals surface area contributed by atoms with E-state index < -0.39 is 17.8 Å². The Labute approximate surface area is 128 Å². The van der Waals surface area contributed by atoms with Crippen molar-refractivity contribution >= 4 is 28.4 Å². The molecule has 0 aliphatic rings. The summed E-state index contributed by atoms with van der Waals surface area (Å²) in [7, 11) is 0. The number of hydrogen-bond acceptors (Lipinski definition) is 2. The van der Waals surface area contributed by atoms with Crippen LogP contribution in [0.1, 0.15) is 22.0 Å². The fraction of sp³-hybridized carbons (Fsp3) is 0.133. The summed E-state index contributed by atoms with van der Waals surface area (Å²) in [5.74, 6) is -5.25. The lowest BCUT2D eigenvalue weighted by atomic mass is 9.96. The molecule has 5 heteroatoms. The van der Waals surface area contributed by atoms with Crippen molar-refractivity contribution in [3.8, 4) is 0 Å². The van der Waals surface area contributed by atoms with Gasteiger partial charge < -0.3 is 5.11 Å². The Morgan fingerprint density at radius 2 is 1.60 bits per heavy atom. The van der Waals surface area contributed by atoms with Crippen LogP contribution in [-0.2, 0) is 0 Å². The molecule has 0 aliphatic carbocycles. The fourth-order valence-corrected chi connectivity index (χ4v) is 2.12. The van der Waals surface area contributed by atoms with Crippen LogP contribution in [0.25, 0.3) is 0 Å². The number of aliphatic hydroxyl groups is 1. The molecule has 0 bridgehead atoms. The van der Waals surface area contributed by atoms with E-state index in [1.807, 2.05) is 22.6 Å². The van der Waals surface area contributed by atoms with Gasteiger partial charge in [-0.25, -0.2) is 0 Å². The predicted octanol–water partition coefficient (Wildman–Crippen LogP) is 3.84. The number of rotatable bonds is 4. The predicted molar refractivity (Wildman–Crippen MR) is 79.8 cm³/mol. The second-order valence-corrected chi connectivity index (χ2v) is 5.52. The van der Waals surface area contributed by atoms with Crippen molar-refractivity contribution in [2.75, 3.05) is 0 Å². The molecule has 0 heterocycles. The van der Waals surface area contributed by atoms with E-state index in [2.05, 4.69) is 0 Å². The van der Waals surface area contributed by atoms with Crippen molar-refractivity contribution in [1.82, 2.24) is 0 Å². The van der Waals surface area contributed by atoms with Crippen LogP contribution >= 0.6 is 22.6 Å². The van der Waals surface area contributed by atoms with Crippen molar-refractivity contribution in [2.45, 2.75) is 12.0 Å². The summed E-state index contributed by atoms with van der Waals surface area (Å²) in [6, 6.07) is 13.2. The Kier molecular flexibility index (Phi) is 4.49. The number of carbonyl (C=O) groups is 1. The number of hydrogen-bond donors (Lipinski definition) is 1. The molecule has 20 heavy (non-hydrogen) atoms. The second kappa shape index (κ2) is 5.97. The van der Waals surface area contributed by atoms with Gasteiger partial charge in [-0.15, -0.1) is 0 Å². The Balaban J connectivity index is 2.29. The maximum Gasteiger partial charge on any atom is 0.339 e. The van der Waals surface area contributed by atoms with Gasteiger partial charge in [-0.1, -0.05) is 42.5 Å². The molecule has 1 atom stereocenters. The quantitative estimate of drug-likeness (QED) is 0.639. The number of ketones is 1. The van der Waals surface area contributed by atoms with Crippen molar-refractivity contribution in [1.29, 1.82) is 0 Å². The van der Waals surface area contributed by atoms with Crippen LogP contribution in [0, 0.1) is 3.57 Å². The van der Waals surface area contributed by atoms with Crippen LogP contribution in [0.3, 0.4) is 0 Å². The zero-order chi connectivity index (χ0) is 14.8. The third-order valence-corrected chi connectivity index (χ3v) is 3.59. The summed E-state index contributed by atoms with van der Waals surface area (Å²) < 4.78 is 29.0. The molecule has 2 aromatic carbocycles. The molecular formula is C15H11F2IO2. The van der Waals surface area contributed by atoms with Gasteiger partial charge in [0.25, 0.3) is 0 Å². The van der Waals surface area contributed by atoms with E-state index in [0.717, 1.165) is 3.57 Å². The number of benzene rings is 2. The van der Waals surface area contributed by atoms with Crippen LogP contribution in [0.15, 0.2) is 54.6 Å². The summed E-state index contributed by atoms with van der Waals surface area (Å²) in [5.41, 5.74) is -0.109. The molecule has 0 fully saturated rings. The van der Waals surface area contributed by atoms with Crippen molar-refractivity contribution in [3.63, 3.8) is 0 Å². The van der Waals surface area contributed by atoms with Crippen molar-refractivity contribution < 1.29 is 18.7 Å². The molecule has 2 rings (SSSR count). The van der Waals surface area contributed by atoms with Gasteiger partial charge >= 0.3 is 5.92 Å². The summed E-state index contributed by atoms with van der Waals surface area (Å²) in [5, 5.41) is 9.80. The first-order valence-corrected chi connectivity index (χ1v) is 6.92. The number of alkyl halides is 2. The lowest BCUT2D eigenvalue weighted by Gasteiger charge is -2.21. The molecule has 0 aliphatic heterocycles. The van der Waals surface area contributed by atoms with E-state index in [4.69, 9.17) is 0 Å². The van der Waals surface area contributed by atoms with Gasteiger partial charge in [0.05, 0.1) is 0 Å². The number of Topliss-reactive ketones (excluding diaryl/α,β-unsaturated/α-hetero) is 1. The number of carbonyl (C=O) groups excluding carboxylic acids is 1. The lowest BCUT2D eigenvalue weighted by molar-refractivity contribution is -0.0792. The lowest BCUT2D eigenvalue weighted by Crippen LogP contribution is -2.35. The second-order valence-electron chi connectivity index (χ2n) is 4.27. The van der Waals surface area contributed by atoms with Gasteiger partial charge in [-0.05, 0) is 40.3 Å². The van der Waals surface area contributed by atoms with Crippen LogP contribution in [0.4, 0.5) is 8.78 Å². The van der Waals surface area contributed by atoms with E-state index >= 15 is 0 Å². The Morgan fingerprint density at radius 3 is 2.15 bits per heavy atom. The van der Waals surface area contributed by atoms with Gasteiger partial charge in [-0.2, -0.15) is 8.78 Å². The summed E-state index contributed by atoms with van der Waals surface area (Å²) in [6.07, 6.45) is -2.16. The topological polar surface area (TPSA) is 37.3 Å². The minimum absolute atomic E-state index is 0.0136. The van der Waals surface area contributed by atoms with Crippen molar-refractivity contribution in [3.05, 3.63) is 69.3 Å². The van der Waals surface area contributed by atoms with Gasteiger partial charge in [0, 0.05) is 9.13 Å². The Hall–Kier alpha value is -1.34. The van der Waals surface area contributed by atoms with Crippen molar-refractivity contribution in [2.24, 2.45) is 0 Å². The van der Waals surface area contributed by atoms with Gasteiger partial charge in [0.2, 0.25) is 5.78 Å².